The zero-order chi connectivity index (χ0) is 11.8. The Bertz CT molecular complexity index is 362. The maximum Gasteiger partial charge on any atom is 0.143 e. The van der Waals surface area contributed by atoms with Gasteiger partial charge in [-0.05, 0) is 12.1 Å². The van der Waals surface area contributed by atoms with E-state index in [4.69, 9.17) is 14.7 Å². The SMILES string of the molecule is COCC(CNc1ncccc1C#N)OC. The first-order valence-electron chi connectivity index (χ1n) is 4.92. The highest BCUT2D eigenvalue weighted by atomic mass is 16.5. The predicted octanol–water partition coefficient (Wildman–Crippen LogP) is 1.03. The van der Waals surface area contributed by atoms with Crippen molar-refractivity contribution in [1.82, 2.24) is 4.98 Å². The van der Waals surface area contributed by atoms with E-state index in [1.165, 1.54) is 0 Å². The molecule has 1 rings (SSSR count). The lowest BCUT2D eigenvalue weighted by Gasteiger charge is -2.15. The van der Waals surface area contributed by atoms with E-state index in [1.54, 1.807) is 32.5 Å². The summed E-state index contributed by atoms with van der Waals surface area (Å²) in [5, 5.41) is 11.9. The monoisotopic (exact) mass is 221 g/mol. The molecule has 1 aromatic rings. The summed E-state index contributed by atoms with van der Waals surface area (Å²) in [6.45, 7) is 1.05. The van der Waals surface area contributed by atoms with Crippen LogP contribution in [0.15, 0.2) is 18.3 Å². The first-order chi connectivity index (χ1) is 7.81. The van der Waals surface area contributed by atoms with E-state index < -0.39 is 0 Å². The van der Waals surface area contributed by atoms with Crippen LogP contribution >= 0.6 is 0 Å². The molecule has 0 amide bonds. The van der Waals surface area contributed by atoms with Gasteiger partial charge in [-0.3, -0.25) is 0 Å². The van der Waals surface area contributed by atoms with E-state index in [0.29, 0.717) is 24.5 Å². The summed E-state index contributed by atoms with van der Waals surface area (Å²) < 4.78 is 10.2. The molecule has 5 heteroatoms. The van der Waals surface area contributed by atoms with Gasteiger partial charge in [0.1, 0.15) is 11.9 Å². The minimum absolute atomic E-state index is 0.0569. The fraction of sp³-hybridized carbons (Fsp3) is 0.455. The normalized spacial score (nSPS) is 11.8. The Balaban J connectivity index is 2.56. The number of ether oxygens (including phenoxy) is 2. The lowest BCUT2D eigenvalue weighted by molar-refractivity contribution is 0.0365. The van der Waals surface area contributed by atoms with Crippen molar-refractivity contribution < 1.29 is 9.47 Å². The third kappa shape index (κ3) is 3.50. The number of pyridine rings is 1. The second kappa shape index (κ2) is 6.77. The van der Waals surface area contributed by atoms with Crippen LogP contribution in [0.25, 0.3) is 0 Å². The molecule has 1 N–H and O–H groups in total. The van der Waals surface area contributed by atoms with Gasteiger partial charge in [0, 0.05) is 27.0 Å². The van der Waals surface area contributed by atoms with Crippen LogP contribution in [0.5, 0.6) is 0 Å². The van der Waals surface area contributed by atoms with Crippen LogP contribution in [0.1, 0.15) is 5.56 Å². The Hall–Kier alpha value is -1.64. The molecule has 16 heavy (non-hydrogen) atoms. The number of nitriles is 1. The van der Waals surface area contributed by atoms with Gasteiger partial charge in [-0.15, -0.1) is 0 Å². The first kappa shape index (κ1) is 12.4. The minimum atomic E-state index is -0.0569. The van der Waals surface area contributed by atoms with E-state index in [2.05, 4.69) is 16.4 Å². The molecule has 1 aromatic heterocycles. The van der Waals surface area contributed by atoms with Crippen LogP contribution in [-0.2, 0) is 9.47 Å². The molecule has 0 aliphatic heterocycles. The Labute approximate surface area is 95.0 Å². The van der Waals surface area contributed by atoms with Crippen LogP contribution in [-0.4, -0.2) is 38.5 Å². The molecule has 0 aromatic carbocycles. The zero-order valence-electron chi connectivity index (χ0n) is 9.43. The van der Waals surface area contributed by atoms with Crippen LogP contribution < -0.4 is 5.32 Å². The molecular formula is C11H15N3O2. The summed E-state index contributed by atoms with van der Waals surface area (Å²) in [6.07, 6.45) is 1.58. The van der Waals surface area contributed by atoms with Crippen molar-refractivity contribution in [2.45, 2.75) is 6.10 Å². The molecule has 0 aliphatic carbocycles. The van der Waals surface area contributed by atoms with E-state index in [1.807, 2.05) is 0 Å². The minimum Gasteiger partial charge on any atom is -0.382 e. The first-order valence-corrected chi connectivity index (χ1v) is 4.92. The molecule has 0 radical (unpaired) electrons. The molecule has 0 saturated carbocycles. The van der Waals surface area contributed by atoms with Gasteiger partial charge in [0.05, 0.1) is 18.3 Å². The zero-order valence-corrected chi connectivity index (χ0v) is 9.43. The molecular weight excluding hydrogens is 206 g/mol. The molecule has 0 aliphatic rings. The summed E-state index contributed by atoms with van der Waals surface area (Å²) in [7, 11) is 3.24. The summed E-state index contributed by atoms with van der Waals surface area (Å²) in [4.78, 5) is 4.09. The van der Waals surface area contributed by atoms with E-state index in [9.17, 15) is 0 Å². The van der Waals surface area contributed by atoms with Crippen LogP contribution in [0.4, 0.5) is 5.82 Å². The van der Waals surface area contributed by atoms with Crippen molar-refractivity contribution in [1.29, 1.82) is 5.26 Å². The highest BCUT2D eigenvalue weighted by Crippen LogP contribution is 2.09. The van der Waals surface area contributed by atoms with Gasteiger partial charge >= 0.3 is 0 Å². The van der Waals surface area contributed by atoms with Crippen molar-refractivity contribution in [3.8, 4) is 6.07 Å². The number of hydrogen-bond donors (Lipinski definition) is 1. The number of nitrogens with zero attached hydrogens (tertiary/aromatic N) is 2. The Morgan fingerprint density at radius 2 is 2.38 bits per heavy atom. The van der Waals surface area contributed by atoms with Crippen molar-refractivity contribution in [2.75, 3.05) is 32.7 Å². The van der Waals surface area contributed by atoms with Gasteiger partial charge in [0.2, 0.25) is 0 Å². The van der Waals surface area contributed by atoms with Crippen LogP contribution in [0, 0.1) is 11.3 Å². The van der Waals surface area contributed by atoms with Gasteiger partial charge < -0.3 is 14.8 Å². The number of anilines is 1. The average Bonchev–Trinajstić information content (AvgIpc) is 2.34. The lowest BCUT2D eigenvalue weighted by Crippen LogP contribution is -2.27. The maximum absolute atomic E-state index is 8.86. The van der Waals surface area contributed by atoms with Crippen LogP contribution in [0.2, 0.25) is 0 Å². The number of methoxy groups -OCH3 is 2. The number of aromatic nitrogens is 1. The molecule has 5 nitrogen and oxygen atoms in total. The molecule has 0 bridgehead atoms. The average molecular weight is 221 g/mol. The summed E-state index contributed by atoms with van der Waals surface area (Å²) in [5.74, 6) is 0.572. The van der Waals surface area contributed by atoms with Gasteiger partial charge in [0.15, 0.2) is 0 Å². The van der Waals surface area contributed by atoms with Gasteiger partial charge in [-0.2, -0.15) is 5.26 Å². The Morgan fingerprint density at radius 1 is 1.56 bits per heavy atom. The summed E-state index contributed by atoms with van der Waals surface area (Å²) >= 11 is 0. The molecule has 0 fully saturated rings. The second-order valence-corrected chi connectivity index (χ2v) is 3.21. The predicted molar refractivity (Wildman–Crippen MR) is 60.1 cm³/mol. The number of rotatable bonds is 6. The van der Waals surface area contributed by atoms with Crippen molar-refractivity contribution >= 4 is 5.82 Å². The second-order valence-electron chi connectivity index (χ2n) is 3.21. The van der Waals surface area contributed by atoms with E-state index in [0.717, 1.165) is 0 Å². The fourth-order valence-corrected chi connectivity index (χ4v) is 1.24. The topological polar surface area (TPSA) is 67.2 Å². The fourth-order valence-electron chi connectivity index (χ4n) is 1.24. The summed E-state index contributed by atoms with van der Waals surface area (Å²) in [5.41, 5.74) is 0.523. The van der Waals surface area contributed by atoms with E-state index >= 15 is 0 Å². The van der Waals surface area contributed by atoms with Crippen molar-refractivity contribution in [3.05, 3.63) is 23.9 Å². The number of nitrogens with one attached hydrogen (secondary N) is 1. The van der Waals surface area contributed by atoms with Gasteiger partial charge in [0.25, 0.3) is 0 Å². The van der Waals surface area contributed by atoms with Gasteiger partial charge in [-0.25, -0.2) is 4.98 Å². The molecule has 1 unspecified atom stereocenters. The van der Waals surface area contributed by atoms with E-state index in [-0.39, 0.29) is 6.10 Å². The van der Waals surface area contributed by atoms with Crippen molar-refractivity contribution in [2.24, 2.45) is 0 Å². The third-order valence-electron chi connectivity index (χ3n) is 2.11. The highest BCUT2D eigenvalue weighted by molar-refractivity contribution is 5.51. The smallest absolute Gasteiger partial charge is 0.143 e. The van der Waals surface area contributed by atoms with Crippen LogP contribution in [0.3, 0.4) is 0 Å². The Morgan fingerprint density at radius 3 is 3.00 bits per heavy atom. The standard InChI is InChI=1S/C11H15N3O2/c1-15-8-10(16-2)7-14-11-9(6-12)4-3-5-13-11/h3-5,10H,7-8H2,1-2H3,(H,13,14). The molecule has 1 heterocycles. The molecule has 86 valence electrons. The molecule has 0 spiro atoms. The van der Waals surface area contributed by atoms with Gasteiger partial charge in [-0.1, -0.05) is 0 Å². The Kier molecular flexibility index (Phi) is 5.26. The van der Waals surface area contributed by atoms with Crippen molar-refractivity contribution in [3.63, 3.8) is 0 Å². The maximum atomic E-state index is 8.86. The lowest BCUT2D eigenvalue weighted by atomic mass is 10.2. The number of hydrogen-bond acceptors (Lipinski definition) is 5. The summed E-state index contributed by atoms with van der Waals surface area (Å²) in [6, 6.07) is 5.52. The molecule has 1 atom stereocenters. The molecule has 0 saturated heterocycles. The largest absolute Gasteiger partial charge is 0.382 e. The third-order valence-corrected chi connectivity index (χ3v) is 2.11. The quantitative estimate of drug-likeness (QED) is 0.777. The highest BCUT2D eigenvalue weighted by Gasteiger charge is 2.08.